The van der Waals surface area contributed by atoms with E-state index < -0.39 is 0 Å². The molecule has 1 aliphatic carbocycles. The monoisotopic (exact) mass is 480 g/mol. The number of anilines is 1. The normalized spacial score (nSPS) is 13.7. The van der Waals surface area contributed by atoms with Gasteiger partial charge < -0.3 is 24.8 Å². The minimum atomic E-state index is -0.0404. The van der Waals surface area contributed by atoms with Gasteiger partial charge in [0.1, 0.15) is 6.61 Å². The van der Waals surface area contributed by atoms with Crippen molar-refractivity contribution in [2.24, 2.45) is 0 Å². The summed E-state index contributed by atoms with van der Waals surface area (Å²) in [6, 6.07) is 11.2. The Morgan fingerprint density at radius 2 is 1.80 bits per heavy atom. The first-order valence-electron chi connectivity index (χ1n) is 12.6. The van der Waals surface area contributed by atoms with Crippen LogP contribution in [0.1, 0.15) is 68.4 Å². The molecule has 0 saturated carbocycles. The van der Waals surface area contributed by atoms with E-state index in [4.69, 9.17) is 9.47 Å². The van der Waals surface area contributed by atoms with Gasteiger partial charge in [-0.15, -0.1) is 0 Å². The molecular weight excluding hydrogens is 440 g/mol. The van der Waals surface area contributed by atoms with Crippen LogP contribution in [0.15, 0.2) is 59.8 Å². The number of nitrogens with one attached hydrogen (secondary N) is 1. The first-order valence-corrected chi connectivity index (χ1v) is 12.6. The summed E-state index contributed by atoms with van der Waals surface area (Å²) in [4.78, 5) is 15.3. The number of allylic oxidation sites excluding steroid dienone is 2. The Kier molecular flexibility index (Phi) is 11.4. The number of hydrogen-bond donors (Lipinski definition) is 2. The zero-order valence-corrected chi connectivity index (χ0v) is 22.0. The molecule has 2 aromatic carbocycles. The molecule has 0 fully saturated rings. The van der Waals surface area contributed by atoms with E-state index in [1.54, 1.807) is 20.2 Å². The fraction of sp³-hybridized carbons (Fsp3) is 0.414. The Morgan fingerprint density at radius 3 is 2.49 bits per heavy atom. The van der Waals surface area contributed by atoms with E-state index in [1.807, 2.05) is 62.9 Å². The molecule has 0 radical (unpaired) electrons. The number of hydrogen-bond acceptors (Lipinski definition) is 5. The molecule has 0 aromatic heterocycles. The second-order valence-corrected chi connectivity index (χ2v) is 7.70. The van der Waals surface area contributed by atoms with Gasteiger partial charge in [-0.25, -0.2) is 0 Å². The van der Waals surface area contributed by atoms with Gasteiger partial charge in [-0.05, 0) is 48.1 Å². The van der Waals surface area contributed by atoms with Crippen LogP contribution in [-0.4, -0.2) is 36.6 Å². The molecule has 2 aliphatic rings. The van der Waals surface area contributed by atoms with Crippen molar-refractivity contribution < 1.29 is 19.4 Å². The fourth-order valence-electron chi connectivity index (χ4n) is 4.15. The van der Waals surface area contributed by atoms with Gasteiger partial charge in [-0.1, -0.05) is 58.0 Å². The quantitative estimate of drug-likeness (QED) is 0.486. The summed E-state index contributed by atoms with van der Waals surface area (Å²) in [5, 5.41) is 12.5. The lowest BCUT2D eigenvalue weighted by Crippen LogP contribution is -2.28. The standard InChI is InChI=1S/C25H28N2O4.2C2H6/c1-26-21-14-24(31-16-18-7-5-6-17(12-18)15-28)23(30-2)13-20(21)25(29)27-11-10-19-8-3-4-9-22(19)27;2*1-2/h4-7,9,12-14,26,28H,3,8,10-11,15-16H2,1-2H3;2*1-2H3. The zero-order chi connectivity index (χ0) is 25.8. The van der Waals surface area contributed by atoms with E-state index in [-0.39, 0.29) is 12.5 Å². The highest BCUT2D eigenvalue weighted by molar-refractivity contribution is 6.02. The van der Waals surface area contributed by atoms with Crippen LogP contribution < -0.4 is 14.8 Å². The number of nitrogens with zero attached hydrogens (tertiary/aromatic N) is 1. The molecule has 0 atom stereocenters. The average Bonchev–Trinajstić information content (AvgIpc) is 3.37. The van der Waals surface area contributed by atoms with E-state index in [9.17, 15) is 9.90 Å². The third kappa shape index (κ3) is 6.67. The number of carbonyl (C=O) groups is 1. The lowest BCUT2D eigenvalue weighted by Gasteiger charge is -2.22. The number of aliphatic hydroxyl groups excluding tert-OH is 1. The highest BCUT2D eigenvalue weighted by Gasteiger charge is 2.29. The highest BCUT2D eigenvalue weighted by Crippen LogP contribution is 2.37. The summed E-state index contributed by atoms with van der Waals surface area (Å²) < 4.78 is 11.6. The van der Waals surface area contributed by atoms with Gasteiger partial charge in [-0.2, -0.15) is 0 Å². The number of benzene rings is 2. The summed E-state index contributed by atoms with van der Waals surface area (Å²) in [6.07, 6.45) is 7.21. The van der Waals surface area contributed by atoms with Gasteiger partial charge in [0.25, 0.3) is 5.91 Å². The molecule has 2 aromatic rings. The van der Waals surface area contributed by atoms with Gasteiger partial charge in [0.05, 0.1) is 25.0 Å². The molecule has 0 bridgehead atoms. The predicted octanol–water partition coefficient (Wildman–Crippen LogP) is 6.31. The Bertz CT molecular complexity index is 1040. The van der Waals surface area contributed by atoms with Crippen molar-refractivity contribution in [3.05, 3.63) is 76.5 Å². The van der Waals surface area contributed by atoms with Gasteiger partial charge in [0, 0.05) is 25.4 Å². The lowest BCUT2D eigenvalue weighted by molar-refractivity contribution is 0.0823. The maximum absolute atomic E-state index is 13.4. The van der Waals surface area contributed by atoms with Crippen LogP contribution in [0.5, 0.6) is 11.5 Å². The van der Waals surface area contributed by atoms with Crippen molar-refractivity contribution in [3.8, 4) is 11.5 Å². The van der Waals surface area contributed by atoms with Crippen LogP contribution in [0.25, 0.3) is 0 Å². The van der Waals surface area contributed by atoms with Crippen LogP contribution in [0.3, 0.4) is 0 Å². The summed E-state index contributed by atoms with van der Waals surface area (Å²) in [7, 11) is 3.37. The van der Waals surface area contributed by atoms with Crippen molar-refractivity contribution in [3.63, 3.8) is 0 Å². The second-order valence-electron chi connectivity index (χ2n) is 7.70. The number of aliphatic hydroxyl groups is 1. The number of ether oxygens (including phenoxy) is 2. The average molecular weight is 481 g/mol. The third-order valence-electron chi connectivity index (χ3n) is 5.80. The van der Waals surface area contributed by atoms with Gasteiger partial charge >= 0.3 is 0 Å². The van der Waals surface area contributed by atoms with E-state index >= 15 is 0 Å². The van der Waals surface area contributed by atoms with Crippen molar-refractivity contribution in [2.45, 2.75) is 60.2 Å². The number of amides is 1. The molecule has 1 aliphatic heterocycles. The number of rotatable bonds is 7. The van der Waals surface area contributed by atoms with E-state index in [0.29, 0.717) is 35.9 Å². The van der Waals surface area contributed by atoms with Crippen LogP contribution in [0, 0.1) is 0 Å². The third-order valence-corrected chi connectivity index (χ3v) is 5.80. The molecule has 190 valence electrons. The highest BCUT2D eigenvalue weighted by atomic mass is 16.5. The lowest BCUT2D eigenvalue weighted by atomic mass is 10.0. The molecule has 0 unspecified atom stereocenters. The summed E-state index contributed by atoms with van der Waals surface area (Å²) in [5.41, 5.74) is 5.43. The Balaban J connectivity index is 0.00000103. The van der Waals surface area contributed by atoms with E-state index in [2.05, 4.69) is 17.5 Å². The van der Waals surface area contributed by atoms with Crippen molar-refractivity contribution in [2.75, 3.05) is 26.0 Å². The molecule has 1 heterocycles. The first-order chi connectivity index (χ1) is 17.1. The van der Waals surface area contributed by atoms with E-state index in [1.165, 1.54) is 5.57 Å². The number of methoxy groups -OCH3 is 1. The molecule has 6 nitrogen and oxygen atoms in total. The summed E-state index contributed by atoms with van der Waals surface area (Å²) in [6.45, 7) is 9.02. The molecule has 0 saturated heterocycles. The maximum atomic E-state index is 13.4. The minimum Gasteiger partial charge on any atom is -0.493 e. The largest absolute Gasteiger partial charge is 0.493 e. The van der Waals surface area contributed by atoms with Crippen molar-refractivity contribution >= 4 is 11.6 Å². The fourth-order valence-corrected chi connectivity index (χ4v) is 4.15. The number of carbonyl (C=O) groups excluding carboxylic acids is 1. The first kappa shape index (κ1) is 28.0. The molecule has 35 heavy (non-hydrogen) atoms. The molecule has 6 heteroatoms. The van der Waals surface area contributed by atoms with Crippen LogP contribution in [-0.2, 0) is 13.2 Å². The van der Waals surface area contributed by atoms with Crippen molar-refractivity contribution in [1.29, 1.82) is 0 Å². The second kappa shape index (κ2) is 14.2. The predicted molar refractivity (Wildman–Crippen MR) is 143 cm³/mol. The van der Waals surface area contributed by atoms with Gasteiger partial charge in [-0.3, -0.25) is 4.79 Å². The molecule has 4 rings (SSSR count). The molecular formula is C29H40N2O4. The van der Waals surface area contributed by atoms with Crippen LogP contribution in [0.2, 0.25) is 0 Å². The topological polar surface area (TPSA) is 71.0 Å². The zero-order valence-electron chi connectivity index (χ0n) is 22.0. The molecule has 1 amide bonds. The molecule has 0 spiro atoms. The SMILES string of the molecule is CC.CC.CNc1cc(OCc2cccc(CO)c2)c(OC)cc1C(=O)N1CCC2=C1C=CCC2. The Hall–Kier alpha value is -3.25. The maximum Gasteiger partial charge on any atom is 0.260 e. The Morgan fingerprint density at radius 1 is 1.06 bits per heavy atom. The summed E-state index contributed by atoms with van der Waals surface area (Å²) in [5.74, 6) is 1.02. The van der Waals surface area contributed by atoms with E-state index in [0.717, 1.165) is 36.1 Å². The van der Waals surface area contributed by atoms with Crippen molar-refractivity contribution in [1.82, 2.24) is 4.90 Å². The van der Waals surface area contributed by atoms with Gasteiger partial charge in [0.2, 0.25) is 0 Å². The Labute approximate surface area is 210 Å². The summed E-state index contributed by atoms with van der Waals surface area (Å²) >= 11 is 0. The van der Waals surface area contributed by atoms with Crippen LogP contribution >= 0.6 is 0 Å². The van der Waals surface area contributed by atoms with Gasteiger partial charge in [0.15, 0.2) is 11.5 Å². The minimum absolute atomic E-state index is 0.0122. The molecule has 2 N–H and O–H groups in total. The smallest absolute Gasteiger partial charge is 0.260 e. The van der Waals surface area contributed by atoms with Crippen LogP contribution in [0.4, 0.5) is 5.69 Å².